The Hall–Kier alpha value is -0.320. The molecule has 0 unspecified atom stereocenters. The van der Waals surface area contributed by atoms with Gasteiger partial charge in [0.15, 0.2) is 0 Å². The number of rotatable bonds is 5. The van der Waals surface area contributed by atoms with Crippen molar-refractivity contribution in [2.24, 2.45) is 5.73 Å². The van der Waals surface area contributed by atoms with Gasteiger partial charge < -0.3 is 15.6 Å². The number of hydrogen-bond donors (Lipinski definition) is 2. The lowest BCUT2D eigenvalue weighted by atomic mass is 10.1. The van der Waals surface area contributed by atoms with Gasteiger partial charge in [0.2, 0.25) is 0 Å². The average Bonchev–Trinajstić information content (AvgIpc) is 2.17. The van der Waals surface area contributed by atoms with Crippen LogP contribution in [0.3, 0.4) is 0 Å². The zero-order valence-corrected chi connectivity index (χ0v) is 9.68. The predicted octanol–water partition coefficient (Wildman–Crippen LogP) is 1.96. The van der Waals surface area contributed by atoms with Crippen LogP contribution in [0.4, 0.5) is 0 Å². The molecule has 0 radical (unpaired) electrons. The lowest BCUT2D eigenvalue weighted by molar-refractivity contribution is 0.0812. The number of aliphatic hydroxyl groups is 1. The van der Waals surface area contributed by atoms with Crippen LogP contribution in [-0.2, 0) is 17.9 Å². The molecule has 1 aromatic carbocycles. The minimum atomic E-state index is -0.00768. The van der Waals surface area contributed by atoms with Crippen molar-refractivity contribution in [2.75, 3.05) is 13.2 Å². The molecule has 0 aliphatic heterocycles. The summed E-state index contributed by atoms with van der Waals surface area (Å²) in [5.41, 5.74) is 7.27. The second kappa shape index (κ2) is 6.30. The monoisotopic (exact) mass is 249 g/mol. The third-order valence-electron chi connectivity index (χ3n) is 1.95. The highest BCUT2D eigenvalue weighted by atomic mass is 35.5. The maximum absolute atomic E-state index is 8.58. The van der Waals surface area contributed by atoms with Crippen LogP contribution < -0.4 is 5.73 Å². The molecule has 1 aromatic rings. The number of ether oxygens (including phenoxy) is 1. The van der Waals surface area contributed by atoms with Crippen molar-refractivity contribution < 1.29 is 9.84 Å². The summed E-state index contributed by atoms with van der Waals surface area (Å²) in [5.74, 6) is 0. The Balaban J connectivity index is 2.84. The molecule has 0 amide bonds. The summed E-state index contributed by atoms with van der Waals surface area (Å²) < 4.78 is 5.20. The van der Waals surface area contributed by atoms with Crippen molar-refractivity contribution in [1.82, 2.24) is 0 Å². The van der Waals surface area contributed by atoms with Crippen LogP contribution >= 0.6 is 23.2 Å². The molecule has 0 saturated heterocycles. The highest BCUT2D eigenvalue weighted by molar-refractivity contribution is 6.35. The minimum absolute atomic E-state index is 0.00768. The summed E-state index contributed by atoms with van der Waals surface area (Å²) in [5, 5.41) is 9.68. The average molecular weight is 250 g/mol. The van der Waals surface area contributed by atoms with Crippen LogP contribution in [0.1, 0.15) is 11.1 Å². The molecule has 0 heterocycles. The van der Waals surface area contributed by atoms with Crippen LogP contribution in [0.25, 0.3) is 0 Å². The molecule has 0 aromatic heterocycles. The van der Waals surface area contributed by atoms with Crippen molar-refractivity contribution in [1.29, 1.82) is 0 Å². The minimum Gasteiger partial charge on any atom is -0.394 e. The number of nitrogens with two attached hydrogens (primary N) is 1. The first-order chi connectivity index (χ1) is 7.19. The van der Waals surface area contributed by atoms with E-state index >= 15 is 0 Å². The van der Waals surface area contributed by atoms with Crippen molar-refractivity contribution in [3.8, 4) is 0 Å². The lowest BCUT2D eigenvalue weighted by Crippen LogP contribution is -2.06. The molecule has 0 aliphatic carbocycles. The topological polar surface area (TPSA) is 55.5 Å². The van der Waals surface area contributed by atoms with E-state index in [0.717, 1.165) is 11.1 Å². The largest absolute Gasteiger partial charge is 0.394 e. The molecule has 0 fully saturated rings. The van der Waals surface area contributed by atoms with E-state index < -0.39 is 0 Å². The molecule has 84 valence electrons. The third-order valence-corrected chi connectivity index (χ3v) is 2.51. The summed E-state index contributed by atoms with van der Waals surface area (Å²) in [6.07, 6.45) is 0. The van der Waals surface area contributed by atoms with E-state index in [4.69, 9.17) is 38.8 Å². The van der Waals surface area contributed by atoms with Crippen molar-refractivity contribution in [3.63, 3.8) is 0 Å². The second-order valence-electron chi connectivity index (χ2n) is 3.01. The van der Waals surface area contributed by atoms with Crippen molar-refractivity contribution in [3.05, 3.63) is 33.3 Å². The highest BCUT2D eigenvalue weighted by Gasteiger charge is 2.07. The maximum atomic E-state index is 8.58. The Labute approximate surface area is 98.7 Å². The van der Waals surface area contributed by atoms with E-state index in [1.165, 1.54) is 0 Å². The van der Waals surface area contributed by atoms with Crippen molar-refractivity contribution in [2.45, 2.75) is 13.2 Å². The molecule has 5 heteroatoms. The van der Waals surface area contributed by atoms with E-state index in [-0.39, 0.29) is 13.2 Å². The molecule has 3 N–H and O–H groups in total. The Bertz CT molecular complexity index is 331. The number of aliphatic hydroxyl groups excluding tert-OH is 1. The fourth-order valence-electron chi connectivity index (χ4n) is 1.26. The molecule has 15 heavy (non-hydrogen) atoms. The highest BCUT2D eigenvalue weighted by Crippen LogP contribution is 2.25. The molecule has 0 atom stereocenters. The van der Waals surface area contributed by atoms with Crippen LogP contribution in [-0.4, -0.2) is 18.3 Å². The summed E-state index contributed by atoms with van der Waals surface area (Å²) >= 11 is 11.8. The zero-order valence-electron chi connectivity index (χ0n) is 8.17. The Morgan fingerprint density at radius 1 is 1.33 bits per heavy atom. The standard InChI is InChI=1S/C10H13Cl2NO2/c11-8-3-7(6-15-2-1-14)9(5-13)10(12)4-8/h3-4,14H,1-2,5-6,13H2. The summed E-state index contributed by atoms with van der Waals surface area (Å²) in [4.78, 5) is 0. The summed E-state index contributed by atoms with van der Waals surface area (Å²) in [6, 6.07) is 3.42. The maximum Gasteiger partial charge on any atom is 0.0722 e. The number of halogens is 2. The summed E-state index contributed by atoms with van der Waals surface area (Å²) in [7, 11) is 0. The van der Waals surface area contributed by atoms with Gasteiger partial charge in [0.05, 0.1) is 19.8 Å². The van der Waals surface area contributed by atoms with Crippen LogP contribution in [0.5, 0.6) is 0 Å². The second-order valence-corrected chi connectivity index (χ2v) is 3.85. The van der Waals surface area contributed by atoms with Gasteiger partial charge in [-0.1, -0.05) is 23.2 Å². The predicted molar refractivity (Wildman–Crippen MR) is 61.1 cm³/mol. The normalized spacial score (nSPS) is 10.7. The van der Waals surface area contributed by atoms with Gasteiger partial charge in [0.25, 0.3) is 0 Å². The fourth-order valence-corrected chi connectivity index (χ4v) is 1.87. The van der Waals surface area contributed by atoms with Gasteiger partial charge in [0, 0.05) is 16.6 Å². The molecule has 3 nitrogen and oxygen atoms in total. The molecule has 1 rings (SSSR count). The first-order valence-electron chi connectivity index (χ1n) is 4.54. The first kappa shape index (κ1) is 12.7. The van der Waals surface area contributed by atoms with E-state index in [2.05, 4.69) is 0 Å². The quantitative estimate of drug-likeness (QED) is 0.785. The van der Waals surface area contributed by atoms with E-state index in [9.17, 15) is 0 Å². The molecule has 0 spiro atoms. The SMILES string of the molecule is NCc1c(Cl)cc(Cl)cc1COCCO. The molecular formula is C10H13Cl2NO2. The van der Waals surface area contributed by atoms with Gasteiger partial charge in [0.1, 0.15) is 0 Å². The molecule has 0 saturated carbocycles. The van der Waals surface area contributed by atoms with E-state index in [1.807, 2.05) is 0 Å². The fraction of sp³-hybridized carbons (Fsp3) is 0.400. The van der Waals surface area contributed by atoms with Gasteiger partial charge in [-0.25, -0.2) is 0 Å². The number of benzene rings is 1. The lowest BCUT2D eigenvalue weighted by Gasteiger charge is -2.10. The smallest absolute Gasteiger partial charge is 0.0722 e. The first-order valence-corrected chi connectivity index (χ1v) is 5.30. The molecule has 0 aliphatic rings. The molecular weight excluding hydrogens is 237 g/mol. The van der Waals surface area contributed by atoms with Gasteiger partial charge in [-0.05, 0) is 23.3 Å². The van der Waals surface area contributed by atoms with Crippen LogP contribution in [0, 0.1) is 0 Å². The van der Waals surface area contributed by atoms with Crippen LogP contribution in [0.2, 0.25) is 10.0 Å². The summed E-state index contributed by atoms with van der Waals surface area (Å²) in [6.45, 7) is 0.974. The van der Waals surface area contributed by atoms with Crippen LogP contribution in [0.15, 0.2) is 12.1 Å². The zero-order chi connectivity index (χ0) is 11.3. The number of hydrogen-bond acceptors (Lipinski definition) is 3. The Kier molecular flexibility index (Phi) is 5.36. The molecule has 0 bridgehead atoms. The van der Waals surface area contributed by atoms with Gasteiger partial charge in [-0.2, -0.15) is 0 Å². The Morgan fingerprint density at radius 3 is 2.67 bits per heavy atom. The van der Waals surface area contributed by atoms with Gasteiger partial charge in [-0.3, -0.25) is 0 Å². The van der Waals surface area contributed by atoms with Gasteiger partial charge >= 0.3 is 0 Å². The van der Waals surface area contributed by atoms with Crippen molar-refractivity contribution >= 4 is 23.2 Å². The van der Waals surface area contributed by atoms with E-state index in [1.54, 1.807) is 12.1 Å². The van der Waals surface area contributed by atoms with Gasteiger partial charge in [-0.15, -0.1) is 0 Å². The third kappa shape index (κ3) is 3.63. The van der Waals surface area contributed by atoms with E-state index in [0.29, 0.717) is 23.2 Å². The Morgan fingerprint density at radius 2 is 2.07 bits per heavy atom.